The number of nitro benzene ring substituents is 1. The molecule has 0 atom stereocenters. The lowest BCUT2D eigenvalue weighted by atomic mass is 10.2. The van der Waals surface area contributed by atoms with Crippen LogP contribution >= 0.6 is 0 Å². The Morgan fingerprint density at radius 3 is 2.48 bits per heavy atom. The number of nitrogens with zero attached hydrogens (tertiary/aromatic N) is 1. The monoisotopic (exact) mass is 394 g/mol. The van der Waals surface area contributed by atoms with Crippen LogP contribution in [-0.4, -0.2) is 26.6 Å². The van der Waals surface area contributed by atoms with E-state index in [1.807, 2.05) is 13.8 Å². The van der Waals surface area contributed by atoms with Gasteiger partial charge < -0.3 is 9.47 Å². The van der Waals surface area contributed by atoms with Gasteiger partial charge in [0.05, 0.1) is 23.9 Å². The lowest BCUT2D eigenvalue weighted by Crippen LogP contribution is -2.24. The number of nitro groups is 1. The maximum Gasteiger partial charge on any atom is 0.269 e. The SMILES string of the molecule is COc1cc(CNS(=O)(=O)Cc2cccc([N+](=O)[O-])c2)ccc1OC(C)C. The van der Waals surface area contributed by atoms with Gasteiger partial charge in [-0.3, -0.25) is 10.1 Å². The molecule has 27 heavy (non-hydrogen) atoms. The molecule has 0 fully saturated rings. The normalized spacial score (nSPS) is 11.4. The molecule has 146 valence electrons. The zero-order chi connectivity index (χ0) is 20.0. The second-order valence-electron chi connectivity index (χ2n) is 6.16. The van der Waals surface area contributed by atoms with Crippen molar-refractivity contribution in [2.24, 2.45) is 0 Å². The summed E-state index contributed by atoms with van der Waals surface area (Å²) in [5.74, 6) is 0.746. The van der Waals surface area contributed by atoms with E-state index in [4.69, 9.17) is 9.47 Å². The number of ether oxygens (including phenoxy) is 2. The molecule has 0 aromatic heterocycles. The van der Waals surface area contributed by atoms with Crippen LogP contribution < -0.4 is 14.2 Å². The molecule has 8 nitrogen and oxygen atoms in total. The van der Waals surface area contributed by atoms with Gasteiger partial charge in [-0.2, -0.15) is 0 Å². The summed E-state index contributed by atoms with van der Waals surface area (Å²) >= 11 is 0. The van der Waals surface area contributed by atoms with Crippen molar-refractivity contribution in [3.05, 3.63) is 63.7 Å². The first kappa shape index (κ1) is 20.7. The smallest absolute Gasteiger partial charge is 0.269 e. The standard InChI is InChI=1S/C18H22N2O6S/c1-13(2)26-17-8-7-14(10-18(17)25-3)11-19-27(23,24)12-15-5-4-6-16(9-15)20(21)22/h4-10,13,19H,11-12H2,1-3H3. The van der Waals surface area contributed by atoms with E-state index in [2.05, 4.69) is 4.72 Å². The molecule has 9 heteroatoms. The van der Waals surface area contributed by atoms with E-state index in [1.165, 1.54) is 31.4 Å². The minimum atomic E-state index is -3.67. The van der Waals surface area contributed by atoms with Gasteiger partial charge in [-0.05, 0) is 37.1 Å². The summed E-state index contributed by atoms with van der Waals surface area (Å²) in [5.41, 5.74) is 0.897. The molecule has 0 amide bonds. The fourth-order valence-corrected chi connectivity index (χ4v) is 3.50. The molecule has 0 bridgehead atoms. The molecule has 0 saturated carbocycles. The fraction of sp³-hybridized carbons (Fsp3) is 0.333. The van der Waals surface area contributed by atoms with Crippen molar-refractivity contribution in [1.29, 1.82) is 0 Å². The second kappa shape index (κ2) is 8.83. The van der Waals surface area contributed by atoms with Crippen LogP contribution in [0.3, 0.4) is 0 Å². The Labute approximate surface area is 158 Å². The van der Waals surface area contributed by atoms with Gasteiger partial charge in [-0.15, -0.1) is 0 Å². The number of hydrogen-bond donors (Lipinski definition) is 1. The highest BCUT2D eigenvalue weighted by Gasteiger charge is 2.15. The Morgan fingerprint density at radius 1 is 1.11 bits per heavy atom. The number of rotatable bonds is 9. The summed E-state index contributed by atoms with van der Waals surface area (Å²) in [4.78, 5) is 10.2. The first-order valence-corrected chi connectivity index (χ1v) is 9.89. The number of benzene rings is 2. The van der Waals surface area contributed by atoms with Gasteiger partial charge in [0.1, 0.15) is 0 Å². The van der Waals surface area contributed by atoms with Crippen LogP contribution in [0.5, 0.6) is 11.5 Å². The molecule has 0 heterocycles. The van der Waals surface area contributed by atoms with Crippen molar-refractivity contribution in [3.63, 3.8) is 0 Å². The molecule has 0 aliphatic carbocycles. The Bertz CT molecular complexity index is 912. The molecule has 2 rings (SSSR count). The van der Waals surface area contributed by atoms with Crippen LogP contribution in [0.15, 0.2) is 42.5 Å². The topological polar surface area (TPSA) is 108 Å². The molecule has 2 aromatic rings. The first-order chi connectivity index (χ1) is 12.7. The number of sulfonamides is 1. The number of hydrogen-bond acceptors (Lipinski definition) is 6. The van der Waals surface area contributed by atoms with Crippen molar-refractivity contribution < 1.29 is 22.8 Å². The average Bonchev–Trinajstić information content (AvgIpc) is 2.60. The van der Waals surface area contributed by atoms with Crippen LogP contribution in [0.1, 0.15) is 25.0 Å². The van der Waals surface area contributed by atoms with Gasteiger partial charge in [0.2, 0.25) is 10.0 Å². The van der Waals surface area contributed by atoms with E-state index >= 15 is 0 Å². The Morgan fingerprint density at radius 2 is 1.85 bits per heavy atom. The quantitative estimate of drug-likeness (QED) is 0.517. The summed E-state index contributed by atoms with van der Waals surface area (Å²) in [6.07, 6.45) is -0.0156. The number of nitrogens with one attached hydrogen (secondary N) is 1. The summed E-state index contributed by atoms with van der Waals surface area (Å²) in [7, 11) is -2.16. The van der Waals surface area contributed by atoms with Crippen LogP contribution in [0, 0.1) is 10.1 Å². The highest BCUT2D eigenvalue weighted by Crippen LogP contribution is 2.29. The molecule has 1 N–H and O–H groups in total. The van der Waals surface area contributed by atoms with E-state index in [0.29, 0.717) is 22.6 Å². The minimum Gasteiger partial charge on any atom is -0.493 e. The van der Waals surface area contributed by atoms with Gasteiger partial charge in [-0.25, -0.2) is 13.1 Å². The largest absolute Gasteiger partial charge is 0.493 e. The summed E-state index contributed by atoms with van der Waals surface area (Å²) < 4.78 is 38.0. The van der Waals surface area contributed by atoms with Crippen LogP contribution in [-0.2, 0) is 22.3 Å². The third kappa shape index (κ3) is 6.22. The van der Waals surface area contributed by atoms with Crippen molar-refractivity contribution in [2.45, 2.75) is 32.2 Å². The molecule has 0 aliphatic rings. The lowest BCUT2D eigenvalue weighted by Gasteiger charge is -2.15. The number of methoxy groups -OCH3 is 1. The molecule has 0 radical (unpaired) electrons. The zero-order valence-electron chi connectivity index (χ0n) is 15.3. The lowest BCUT2D eigenvalue weighted by molar-refractivity contribution is -0.384. The average molecular weight is 394 g/mol. The molecule has 0 spiro atoms. The molecule has 2 aromatic carbocycles. The second-order valence-corrected chi connectivity index (χ2v) is 7.97. The maximum absolute atomic E-state index is 12.3. The van der Waals surface area contributed by atoms with Crippen molar-refractivity contribution in [1.82, 2.24) is 4.72 Å². The molecule has 0 aliphatic heterocycles. The Hall–Kier alpha value is -2.65. The Kier molecular flexibility index (Phi) is 6.75. The predicted octanol–water partition coefficient (Wildman–Crippen LogP) is 3.01. The third-order valence-corrected chi connectivity index (χ3v) is 4.86. The van der Waals surface area contributed by atoms with Gasteiger partial charge in [0.15, 0.2) is 11.5 Å². The van der Waals surface area contributed by atoms with Crippen LogP contribution in [0.4, 0.5) is 5.69 Å². The molecular weight excluding hydrogens is 372 g/mol. The maximum atomic E-state index is 12.3. The third-order valence-electron chi connectivity index (χ3n) is 3.56. The van der Waals surface area contributed by atoms with Gasteiger partial charge in [0.25, 0.3) is 5.69 Å². The van der Waals surface area contributed by atoms with Gasteiger partial charge >= 0.3 is 0 Å². The van der Waals surface area contributed by atoms with E-state index in [0.717, 1.165) is 0 Å². The Balaban J connectivity index is 2.06. The summed E-state index contributed by atoms with van der Waals surface area (Å²) in [6.45, 7) is 3.86. The van der Waals surface area contributed by atoms with Crippen molar-refractivity contribution >= 4 is 15.7 Å². The highest BCUT2D eigenvalue weighted by atomic mass is 32.2. The van der Waals surface area contributed by atoms with Crippen molar-refractivity contribution in [3.8, 4) is 11.5 Å². The van der Waals surface area contributed by atoms with E-state index in [9.17, 15) is 18.5 Å². The minimum absolute atomic E-state index is 0.0156. The highest BCUT2D eigenvalue weighted by molar-refractivity contribution is 7.88. The first-order valence-electron chi connectivity index (χ1n) is 8.24. The van der Waals surface area contributed by atoms with E-state index < -0.39 is 14.9 Å². The van der Waals surface area contributed by atoms with Crippen LogP contribution in [0.2, 0.25) is 0 Å². The number of non-ortho nitro benzene ring substituents is 1. The molecular formula is C18H22N2O6S. The van der Waals surface area contributed by atoms with Crippen LogP contribution in [0.25, 0.3) is 0 Å². The summed E-state index contributed by atoms with van der Waals surface area (Å²) in [6, 6.07) is 10.7. The molecule has 0 unspecified atom stereocenters. The van der Waals surface area contributed by atoms with Crippen molar-refractivity contribution in [2.75, 3.05) is 7.11 Å². The predicted molar refractivity (Wildman–Crippen MR) is 101 cm³/mol. The zero-order valence-corrected chi connectivity index (χ0v) is 16.2. The summed E-state index contributed by atoms with van der Waals surface area (Å²) in [5, 5.41) is 10.8. The van der Waals surface area contributed by atoms with E-state index in [1.54, 1.807) is 18.2 Å². The fourth-order valence-electron chi connectivity index (χ4n) is 2.40. The van der Waals surface area contributed by atoms with Gasteiger partial charge in [0, 0.05) is 18.7 Å². The van der Waals surface area contributed by atoms with E-state index in [-0.39, 0.29) is 24.1 Å². The molecule has 0 saturated heterocycles. The van der Waals surface area contributed by atoms with Gasteiger partial charge in [-0.1, -0.05) is 18.2 Å².